The van der Waals surface area contributed by atoms with E-state index in [1.54, 1.807) is 0 Å². The van der Waals surface area contributed by atoms with Crippen molar-refractivity contribution in [2.75, 3.05) is 116 Å². The summed E-state index contributed by atoms with van der Waals surface area (Å²) in [6, 6.07) is 35.9. The van der Waals surface area contributed by atoms with Gasteiger partial charge in [0, 0.05) is 74.5 Å². The molecular weight excluding hydrogens is 1100 g/mol. The summed E-state index contributed by atoms with van der Waals surface area (Å²) in [5, 5.41) is 9.05. The minimum Gasteiger partial charge on any atom is -0.493 e. The maximum Gasteiger partial charge on any atom is 0.142 e. The molecule has 0 atom stereocenters. The topological polar surface area (TPSA) is 214 Å². The minimum atomic E-state index is 0.150. The predicted octanol–water partition coefficient (Wildman–Crippen LogP) is 10.8. The molecule has 0 aliphatic heterocycles. The van der Waals surface area contributed by atoms with E-state index < -0.39 is 0 Å². The van der Waals surface area contributed by atoms with E-state index >= 15 is 0 Å². The number of aromatic amines is 4. The first-order chi connectivity index (χ1) is 42.3. The van der Waals surface area contributed by atoms with Crippen molar-refractivity contribution in [3.8, 4) is 80.0 Å². The van der Waals surface area contributed by atoms with E-state index in [1.165, 1.54) is 0 Å². The number of rotatable bonds is 32. The number of fused-ring (bicyclic) bond motifs is 4. The predicted molar refractivity (Wildman–Crippen MR) is 342 cm³/mol. The lowest BCUT2D eigenvalue weighted by atomic mass is 10.1. The first-order valence-electron chi connectivity index (χ1n) is 29.9. The number of imidazole rings is 4. The van der Waals surface area contributed by atoms with E-state index in [2.05, 4.69) is 106 Å². The van der Waals surface area contributed by atoms with Gasteiger partial charge in [-0.05, 0) is 155 Å². The van der Waals surface area contributed by atoms with Gasteiger partial charge in [-0.2, -0.15) is 0 Å². The molecule has 0 saturated carbocycles. The lowest BCUT2D eigenvalue weighted by Gasteiger charge is -2.12. The number of H-pyrrole nitrogens is 4. The van der Waals surface area contributed by atoms with Gasteiger partial charge in [0.1, 0.15) is 70.1 Å². The average molecular weight is 1180 g/mol. The van der Waals surface area contributed by atoms with Crippen molar-refractivity contribution in [1.82, 2.24) is 74.5 Å². The Bertz CT molecular complexity index is 4050. The second kappa shape index (κ2) is 28.0. The highest BCUT2D eigenvalue weighted by atomic mass is 16.5. The second-order valence-electron chi connectivity index (χ2n) is 23.0. The molecule has 11 aromatic rings. The van der Waals surface area contributed by atoms with Crippen molar-refractivity contribution in [3.05, 3.63) is 121 Å². The molecule has 0 aliphatic rings. The van der Waals surface area contributed by atoms with Gasteiger partial charge < -0.3 is 68.0 Å². The van der Waals surface area contributed by atoms with Gasteiger partial charge in [0.25, 0.3) is 0 Å². The third-order valence-electron chi connectivity index (χ3n) is 14.7. The lowest BCUT2D eigenvalue weighted by Crippen LogP contribution is -2.15. The molecule has 6 aromatic carbocycles. The minimum absolute atomic E-state index is 0.150. The summed E-state index contributed by atoms with van der Waals surface area (Å²) in [6.07, 6.45) is 6.25. The molecule has 0 aliphatic carbocycles. The van der Waals surface area contributed by atoms with Gasteiger partial charge in [0.15, 0.2) is 0 Å². The molecule has 454 valence electrons. The van der Waals surface area contributed by atoms with Gasteiger partial charge in [0.2, 0.25) is 0 Å². The first kappa shape index (κ1) is 59.7. The monoisotopic (exact) mass is 1180 g/mol. The third-order valence-corrected chi connectivity index (χ3v) is 14.7. The number of hydrogen-bond donors (Lipinski definition) is 4. The van der Waals surface area contributed by atoms with Crippen molar-refractivity contribution < 1.29 is 28.4 Å². The van der Waals surface area contributed by atoms with Crippen molar-refractivity contribution in [3.63, 3.8) is 0 Å². The van der Waals surface area contributed by atoms with Crippen LogP contribution in [-0.2, 0) is 13.2 Å². The fourth-order valence-corrected chi connectivity index (χ4v) is 10.2. The highest BCUT2D eigenvalue weighted by Gasteiger charge is 2.19. The molecule has 21 nitrogen and oxygen atoms in total. The zero-order valence-electron chi connectivity index (χ0n) is 51.2. The Hall–Kier alpha value is -9.02. The van der Waals surface area contributed by atoms with E-state index in [0.29, 0.717) is 86.5 Å². The average Bonchev–Trinajstić information content (AvgIpc) is 2.68. The van der Waals surface area contributed by atoms with Crippen molar-refractivity contribution in [1.29, 1.82) is 0 Å². The van der Waals surface area contributed by atoms with E-state index in [0.717, 1.165) is 141 Å². The van der Waals surface area contributed by atoms with Crippen LogP contribution in [0.1, 0.15) is 37.8 Å². The molecule has 0 unspecified atom stereocenters. The molecule has 0 spiro atoms. The Kier molecular flexibility index (Phi) is 19.2. The van der Waals surface area contributed by atoms with Gasteiger partial charge >= 0.3 is 0 Å². The van der Waals surface area contributed by atoms with Gasteiger partial charge in [-0.25, -0.2) is 19.9 Å². The fourth-order valence-electron chi connectivity index (χ4n) is 10.2. The van der Waals surface area contributed by atoms with Crippen molar-refractivity contribution in [2.45, 2.75) is 45.3 Å². The van der Waals surface area contributed by atoms with Crippen LogP contribution in [0.2, 0.25) is 0 Å². The van der Waals surface area contributed by atoms with E-state index in [4.69, 9.17) is 48.4 Å². The summed E-state index contributed by atoms with van der Waals surface area (Å²) in [7, 11) is 16.5. The van der Waals surface area contributed by atoms with Crippen LogP contribution in [0.4, 0.5) is 0 Å². The van der Waals surface area contributed by atoms with Crippen molar-refractivity contribution >= 4 is 44.1 Å². The summed E-state index contributed by atoms with van der Waals surface area (Å²) >= 11 is 0. The molecule has 0 saturated heterocycles. The number of benzene rings is 6. The van der Waals surface area contributed by atoms with Gasteiger partial charge in [-0.15, -0.1) is 5.10 Å². The lowest BCUT2D eigenvalue weighted by molar-refractivity contribution is 0.282. The van der Waals surface area contributed by atoms with Crippen LogP contribution in [-0.4, -0.2) is 190 Å². The number of hydrogen-bond acceptors (Lipinski definition) is 16. The molecule has 0 radical (unpaired) electrons. The number of aromatic nitrogens is 11. The Morgan fingerprint density at radius 2 is 0.736 bits per heavy atom. The molecule has 87 heavy (non-hydrogen) atoms. The van der Waals surface area contributed by atoms with Crippen LogP contribution >= 0.6 is 0 Å². The number of aryl methyl sites for hydroxylation is 1. The number of nitrogens with one attached hydrogen (secondary N) is 4. The van der Waals surface area contributed by atoms with Crippen LogP contribution < -0.4 is 28.4 Å². The van der Waals surface area contributed by atoms with E-state index in [-0.39, 0.29) is 6.61 Å². The van der Waals surface area contributed by atoms with Gasteiger partial charge in [-0.1, -0.05) is 17.3 Å². The normalized spacial score (nSPS) is 11.9. The molecule has 21 heteroatoms. The van der Waals surface area contributed by atoms with Crippen LogP contribution in [0.15, 0.2) is 115 Å². The van der Waals surface area contributed by atoms with E-state index in [9.17, 15) is 0 Å². The summed E-state index contributed by atoms with van der Waals surface area (Å²) in [5.41, 5.74) is 10.8. The molecule has 0 amide bonds. The standard InChI is InChI=1S/C66H79N15O6/c1-77(2)26-9-31-82-47-16-22-53-57(38-47)71-63(67-53)44-14-20-51(65-69-55-24-18-49(40-59(55)73-65)84-33-11-28-79(5)6)61(36-44)86-35-13-30-81-42-46(75-76-81)43-87-62-37-45(64-68-54-23-17-48(39-58(54)72-64)83-32-10-27-78(3)4)15-21-52(62)66-70-56-25-19-50(41-60(56)74-66)85-34-12-29-80(7)8/h14-25,36-42H,9-13,26-35,43H2,1-8H3,(H,67,71)(H,68,72)(H,69,73)(H,70,74). The van der Waals surface area contributed by atoms with Crippen LogP contribution in [0, 0.1) is 0 Å². The first-order valence-corrected chi connectivity index (χ1v) is 29.9. The Morgan fingerprint density at radius 3 is 1.13 bits per heavy atom. The van der Waals surface area contributed by atoms with E-state index in [1.807, 2.05) is 120 Å². The summed E-state index contributed by atoms with van der Waals surface area (Å²) in [4.78, 5) is 42.7. The zero-order valence-corrected chi connectivity index (χ0v) is 51.2. The largest absolute Gasteiger partial charge is 0.493 e. The molecule has 4 N–H and O–H groups in total. The van der Waals surface area contributed by atoms with Gasteiger partial charge in [-0.3, -0.25) is 4.68 Å². The number of nitrogens with zero attached hydrogens (tertiary/aromatic N) is 11. The van der Waals surface area contributed by atoms with Crippen LogP contribution in [0.5, 0.6) is 34.5 Å². The third kappa shape index (κ3) is 15.7. The molecule has 0 fully saturated rings. The highest BCUT2D eigenvalue weighted by molar-refractivity contribution is 5.86. The summed E-state index contributed by atoms with van der Waals surface area (Å²) in [6.45, 7) is 7.38. The second-order valence-corrected chi connectivity index (χ2v) is 23.0. The fraction of sp³-hybridized carbons (Fsp3) is 0.364. The van der Waals surface area contributed by atoms with Gasteiger partial charge in [0.05, 0.1) is 94.5 Å². The zero-order chi connectivity index (χ0) is 60.2. The Labute approximate surface area is 506 Å². The highest BCUT2D eigenvalue weighted by Crippen LogP contribution is 2.37. The maximum atomic E-state index is 6.70. The van der Waals surface area contributed by atoms with Crippen LogP contribution in [0.25, 0.3) is 89.7 Å². The maximum absolute atomic E-state index is 6.70. The number of ether oxygens (including phenoxy) is 6. The Morgan fingerprint density at radius 1 is 0.379 bits per heavy atom. The summed E-state index contributed by atoms with van der Waals surface area (Å²) in [5.74, 6) is 7.16. The smallest absolute Gasteiger partial charge is 0.142 e. The molecule has 0 bridgehead atoms. The SMILES string of the molecule is CN(C)CCCOc1ccc2nc(-c3ccc(-c4nc5ccc(OCCCN(C)C)cc5[nH]4)c(OCCCn4cc(COc5cc(-c6nc7ccc(OCCCN(C)C)cc7[nH]6)ccc5-c5nc6ccc(OCCCN(C)C)cc6[nH]5)nn4)c3)[nH]c2c1. The van der Waals surface area contributed by atoms with Crippen molar-refractivity contribution in [2.24, 2.45) is 0 Å². The van der Waals surface area contributed by atoms with Crippen LogP contribution in [0.3, 0.4) is 0 Å². The molecular formula is C66H79N15O6. The Balaban J connectivity index is 0.797. The molecule has 11 rings (SSSR count). The summed E-state index contributed by atoms with van der Waals surface area (Å²) < 4.78 is 39.6. The molecule has 5 heterocycles. The molecule has 5 aromatic heterocycles. The quantitative estimate of drug-likeness (QED) is 0.0289.